The third-order valence-corrected chi connectivity index (χ3v) is 3.13. The van der Waals surface area contributed by atoms with E-state index in [-0.39, 0.29) is 18.9 Å². The van der Waals surface area contributed by atoms with Gasteiger partial charge in [0, 0.05) is 0 Å². The Kier molecular flexibility index (Phi) is 5.34. The van der Waals surface area contributed by atoms with Crippen LogP contribution in [0.4, 0.5) is 0 Å². The van der Waals surface area contributed by atoms with Crippen molar-refractivity contribution in [2.45, 2.75) is 53.4 Å². The predicted molar refractivity (Wildman–Crippen MR) is 58.1 cm³/mol. The summed E-state index contributed by atoms with van der Waals surface area (Å²) in [5.74, 6) is 2.14. The Morgan fingerprint density at radius 3 is 2.50 bits per heavy atom. The normalized spacial score (nSPS) is 26.3. The van der Waals surface area contributed by atoms with E-state index >= 15 is 0 Å². The van der Waals surface area contributed by atoms with Gasteiger partial charge in [-0.1, -0.05) is 40.0 Å². The van der Waals surface area contributed by atoms with Gasteiger partial charge in [0.1, 0.15) is 0 Å². The summed E-state index contributed by atoms with van der Waals surface area (Å²) >= 11 is 0. The Bertz CT molecular complexity index is 198. The van der Waals surface area contributed by atoms with E-state index in [0.717, 1.165) is 24.5 Å². The third kappa shape index (κ3) is 4.11. The number of hydrogen-bond acceptors (Lipinski definition) is 1. The first-order valence-corrected chi connectivity index (χ1v) is 5.31. The standard InChI is InChI=1S/C12H22N.Li/c1-9-7-11(10(2)13)5-6-12(3,4)8-9;/h9,13H,5-8H2,1-4H3;/q-1;+1. The van der Waals surface area contributed by atoms with Crippen LogP contribution in [0.2, 0.25) is 0 Å². The molecule has 0 aromatic carbocycles. The van der Waals surface area contributed by atoms with Crippen LogP contribution < -0.4 is 18.9 Å². The monoisotopic (exact) mass is 187 g/mol. The molecule has 1 fully saturated rings. The Hall–Kier alpha value is 0.137. The van der Waals surface area contributed by atoms with Crippen LogP contribution >= 0.6 is 0 Å². The van der Waals surface area contributed by atoms with Crippen molar-refractivity contribution in [3.8, 4) is 0 Å². The van der Waals surface area contributed by atoms with Gasteiger partial charge >= 0.3 is 18.9 Å². The van der Waals surface area contributed by atoms with Crippen molar-refractivity contribution < 1.29 is 18.9 Å². The molecule has 0 spiro atoms. The average molecular weight is 187 g/mol. The molecule has 1 rings (SSSR count). The van der Waals surface area contributed by atoms with Crippen molar-refractivity contribution in [1.82, 2.24) is 0 Å². The summed E-state index contributed by atoms with van der Waals surface area (Å²) in [7, 11) is 0. The maximum absolute atomic E-state index is 7.67. The summed E-state index contributed by atoms with van der Waals surface area (Å²) in [4.78, 5) is 0. The van der Waals surface area contributed by atoms with Crippen LogP contribution in [-0.4, -0.2) is 5.71 Å². The zero-order valence-electron chi connectivity index (χ0n) is 10.4. The van der Waals surface area contributed by atoms with Crippen LogP contribution in [0.15, 0.2) is 0 Å². The third-order valence-electron chi connectivity index (χ3n) is 3.13. The van der Waals surface area contributed by atoms with E-state index in [1.165, 1.54) is 18.8 Å². The largest absolute Gasteiger partial charge is 1.00 e. The fraction of sp³-hybridized carbons (Fsp3) is 0.833. The molecule has 0 saturated heterocycles. The first-order valence-electron chi connectivity index (χ1n) is 5.31. The van der Waals surface area contributed by atoms with Crippen molar-refractivity contribution in [1.29, 1.82) is 5.41 Å². The van der Waals surface area contributed by atoms with Gasteiger partial charge in [0.2, 0.25) is 0 Å². The predicted octanol–water partition coefficient (Wildman–Crippen LogP) is 0.841. The van der Waals surface area contributed by atoms with E-state index in [2.05, 4.69) is 20.8 Å². The second kappa shape index (κ2) is 5.28. The second-order valence-electron chi connectivity index (χ2n) is 5.41. The Morgan fingerprint density at radius 2 is 2.00 bits per heavy atom. The molecule has 0 radical (unpaired) electrons. The smallest absolute Gasteiger partial charge is 0.341 e. The molecule has 1 aliphatic carbocycles. The molecule has 0 aliphatic heterocycles. The Morgan fingerprint density at radius 1 is 1.43 bits per heavy atom. The topological polar surface area (TPSA) is 23.9 Å². The van der Waals surface area contributed by atoms with Crippen LogP contribution in [0, 0.1) is 22.7 Å². The molecule has 1 aliphatic rings. The van der Waals surface area contributed by atoms with Gasteiger partial charge in [-0.25, -0.2) is 0 Å². The van der Waals surface area contributed by atoms with E-state index in [1.807, 2.05) is 6.92 Å². The second-order valence-corrected chi connectivity index (χ2v) is 5.41. The fourth-order valence-corrected chi connectivity index (χ4v) is 2.47. The van der Waals surface area contributed by atoms with Crippen molar-refractivity contribution in [2.24, 2.45) is 11.3 Å². The van der Waals surface area contributed by atoms with E-state index in [0.29, 0.717) is 5.41 Å². The summed E-state index contributed by atoms with van der Waals surface area (Å²) in [5.41, 5.74) is 1.29. The average Bonchev–Trinajstić information content (AvgIpc) is 2.07. The van der Waals surface area contributed by atoms with Gasteiger partial charge in [-0.2, -0.15) is 12.8 Å². The van der Waals surface area contributed by atoms with Crippen molar-refractivity contribution in [3.63, 3.8) is 0 Å². The van der Waals surface area contributed by atoms with Gasteiger partial charge in [-0.3, -0.25) is 0 Å². The van der Waals surface area contributed by atoms with Crippen molar-refractivity contribution >= 4 is 5.71 Å². The van der Waals surface area contributed by atoms with E-state index in [9.17, 15) is 0 Å². The molecule has 1 unspecified atom stereocenters. The number of hydrogen-bond donors (Lipinski definition) is 1. The number of nitrogens with one attached hydrogen (secondary N) is 1. The minimum Gasteiger partial charge on any atom is -0.341 e. The molecular formula is C12H22LiN. The molecule has 1 nitrogen and oxygen atoms in total. The Labute approximate surface area is 101 Å². The summed E-state index contributed by atoms with van der Waals surface area (Å²) in [6, 6.07) is 0. The summed E-state index contributed by atoms with van der Waals surface area (Å²) < 4.78 is 0. The van der Waals surface area contributed by atoms with Crippen LogP contribution in [0.25, 0.3) is 0 Å². The molecule has 1 saturated carbocycles. The molecule has 0 amide bonds. The van der Waals surface area contributed by atoms with Gasteiger partial charge in [-0.15, -0.1) is 5.71 Å². The quantitative estimate of drug-likeness (QED) is 0.272. The molecule has 2 heteroatoms. The zero-order chi connectivity index (χ0) is 10.1. The summed E-state index contributed by atoms with van der Waals surface area (Å²) in [6.45, 7) is 8.95. The molecule has 0 bridgehead atoms. The molecule has 76 valence electrons. The van der Waals surface area contributed by atoms with Crippen LogP contribution in [0.5, 0.6) is 0 Å². The fourth-order valence-electron chi connectivity index (χ4n) is 2.47. The van der Waals surface area contributed by atoms with E-state index < -0.39 is 0 Å². The first-order chi connectivity index (χ1) is 5.91. The molecular weight excluding hydrogens is 165 g/mol. The van der Waals surface area contributed by atoms with Crippen molar-refractivity contribution in [3.05, 3.63) is 5.92 Å². The maximum atomic E-state index is 7.67. The summed E-state index contributed by atoms with van der Waals surface area (Å²) in [5, 5.41) is 7.67. The van der Waals surface area contributed by atoms with Gasteiger partial charge in [-0.05, 0) is 11.8 Å². The van der Waals surface area contributed by atoms with Crippen LogP contribution in [0.3, 0.4) is 0 Å². The molecule has 0 aromatic heterocycles. The molecule has 0 heterocycles. The van der Waals surface area contributed by atoms with E-state index in [1.54, 1.807) is 0 Å². The Balaban J connectivity index is 0.00000169. The number of rotatable bonds is 1. The molecule has 14 heavy (non-hydrogen) atoms. The zero-order valence-corrected chi connectivity index (χ0v) is 10.4. The summed E-state index contributed by atoms with van der Waals surface area (Å²) in [6.07, 6.45) is 4.86. The minimum absolute atomic E-state index is 0. The SMILES string of the molecule is CC(=N)[C-]1CCC(C)(C)CC(C)C1.[Li+]. The molecule has 0 aromatic rings. The van der Waals surface area contributed by atoms with Crippen molar-refractivity contribution in [2.75, 3.05) is 0 Å². The maximum Gasteiger partial charge on any atom is 1.00 e. The van der Waals surface area contributed by atoms with Gasteiger partial charge in [0.05, 0.1) is 0 Å². The molecule has 1 atom stereocenters. The van der Waals surface area contributed by atoms with E-state index in [4.69, 9.17) is 5.41 Å². The van der Waals surface area contributed by atoms with Gasteiger partial charge in [0.25, 0.3) is 0 Å². The molecule has 1 N–H and O–H groups in total. The van der Waals surface area contributed by atoms with Crippen LogP contribution in [0.1, 0.15) is 53.4 Å². The first kappa shape index (κ1) is 14.1. The van der Waals surface area contributed by atoms with Crippen LogP contribution in [-0.2, 0) is 0 Å². The van der Waals surface area contributed by atoms with Gasteiger partial charge < -0.3 is 11.3 Å². The van der Waals surface area contributed by atoms with Gasteiger partial charge in [0.15, 0.2) is 0 Å². The minimum atomic E-state index is 0.